The van der Waals surface area contributed by atoms with E-state index in [0.717, 1.165) is 11.3 Å². The summed E-state index contributed by atoms with van der Waals surface area (Å²) in [6.07, 6.45) is 0. The van der Waals surface area contributed by atoms with E-state index < -0.39 is 0 Å². The topological polar surface area (TPSA) is 27.0 Å². The Labute approximate surface area is 122 Å². The Morgan fingerprint density at radius 2 is 1.68 bits per heavy atom. The van der Waals surface area contributed by atoms with Crippen molar-refractivity contribution in [2.75, 3.05) is 11.9 Å². The van der Waals surface area contributed by atoms with Gasteiger partial charge in [-0.15, -0.1) is 0 Å². The fourth-order valence-corrected chi connectivity index (χ4v) is 2.16. The summed E-state index contributed by atoms with van der Waals surface area (Å²) < 4.78 is 0. The maximum atomic E-state index is 9.12. The van der Waals surface area contributed by atoms with E-state index in [-0.39, 0.29) is 0 Å². The van der Waals surface area contributed by atoms with Crippen LogP contribution in [0.3, 0.4) is 0 Å². The molecule has 0 fully saturated rings. The summed E-state index contributed by atoms with van der Waals surface area (Å²) in [6.45, 7) is 0.687. The van der Waals surface area contributed by atoms with Gasteiger partial charge in [0.15, 0.2) is 0 Å². The highest BCUT2D eigenvalue weighted by atomic mass is 35.5. The maximum Gasteiger partial charge on any atom is 0.101 e. The summed E-state index contributed by atoms with van der Waals surface area (Å²) >= 11 is 11.8. The Kier molecular flexibility index (Phi) is 4.31. The van der Waals surface area contributed by atoms with Crippen molar-refractivity contribution < 1.29 is 0 Å². The van der Waals surface area contributed by atoms with Crippen molar-refractivity contribution in [3.63, 3.8) is 0 Å². The lowest BCUT2D eigenvalue weighted by Crippen LogP contribution is -2.17. The first-order chi connectivity index (χ1) is 9.10. The second kappa shape index (κ2) is 5.97. The molecule has 4 heteroatoms. The van der Waals surface area contributed by atoms with Crippen LogP contribution in [0, 0.1) is 11.3 Å². The van der Waals surface area contributed by atoms with Gasteiger partial charge in [0.1, 0.15) is 6.07 Å². The molecule has 0 bridgehead atoms. The van der Waals surface area contributed by atoms with E-state index in [1.54, 1.807) is 18.2 Å². The third-order valence-electron chi connectivity index (χ3n) is 2.82. The molecule has 0 aliphatic rings. The highest BCUT2D eigenvalue weighted by Crippen LogP contribution is 2.25. The monoisotopic (exact) mass is 290 g/mol. The molecule has 0 atom stereocenters. The lowest BCUT2D eigenvalue weighted by molar-refractivity contribution is 0.921. The predicted molar refractivity (Wildman–Crippen MR) is 79.7 cm³/mol. The van der Waals surface area contributed by atoms with Crippen LogP contribution >= 0.6 is 23.2 Å². The molecular weight excluding hydrogens is 279 g/mol. The van der Waals surface area contributed by atoms with Gasteiger partial charge in [0.2, 0.25) is 0 Å². The van der Waals surface area contributed by atoms with Crippen molar-refractivity contribution in [1.29, 1.82) is 5.26 Å². The molecule has 0 heterocycles. The SMILES string of the molecule is CN(Cc1ccc(Cl)cc1)c1cc(Cl)ccc1C#N. The molecule has 0 spiro atoms. The van der Waals surface area contributed by atoms with Crippen LogP contribution in [0.15, 0.2) is 42.5 Å². The van der Waals surface area contributed by atoms with Crippen LogP contribution in [0.2, 0.25) is 10.0 Å². The summed E-state index contributed by atoms with van der Waals surface area (Å²) in [7, 11) is 1.93. The Morgan fingerprint density at radius 3 is 2.32 bits per heavy atom. The van der Waals surface area contributed by atoms with Gasteiger partial charge in [-0.3, -0.25) is 0 Å². The van der Waals surface area contributed by atoms with E-state index in [9.17, 15) is 0 Å². The van der Waals surface area contributed by atoms with Gasteiger partial charge in [0.25, 0.3) is 0 Å². The minimum atomic E-state index is 0.612. The average Bonchev–Trinajstić information content (AvgIpc) is 2.41. The third kappa shape index (κ3) is 3.41. The molecule has 0 saturated carbocycles. The number of halogens is 2. The van der Waals surface area contributed by atoms with Crippen molar-refractivity contribution in [2.24, 2.45) is 0 Å². The molecule has 0 amide bonds. The van der Waals surface area contributed by atoms with Gasteiger partial charge in [-0.2, -0.15) is 5.26 Å². The fourth-order valence-electron chi connectivity index (χ4n) is 1.86. The zero-order chi connectivity index (χ0) is 13.8. The molecule has 0 unspecified atom stereocenters. The number of hydrogen-bond donors (Lipinski definition) is 0. The molecule has 2 aromatic carbocycles. The van der Waals surface area contributed by atoms with Crippen LogP contribution < -0.4 is 4.90 Å². The van der Waals surface area contributed by atoms with Crippen LogP contribution in [-0.2, 0) is 6.54 Å². The Hall–Kier alpha value is -1.69. The molecule has 0 aliphatic heterocycles. The highest BCUT2D eigenvalue weighted by Gasteiger charge is 2.08. The fraction of sp³-hybridized carbons (Fsp3) is 0.133. The summed E-state index contributed by atoms with van der Waals surface area (Å²) in [4.78, 5) is 1.99. The van der Waals surface area contributed by atoms with Gasteiger partial charge in [-0.05, 0) is 35.9 Å². The third-order valence-corrected chi connectivity index (χ3v) is 3.31. The average molecular weight is 291 g/mol. The number of benzene rings is 2. The number of hydrogen-bond acceptors (Lipinski definition) is 2. The lowest BCUT2D eigenvalue weighted by atomic mass is 10.1. The predicted octanol–water partition coefficient (Wildman–Crippen LogP) is 4.50. The van der Waals surface area contributed by atoms with E-state index in [2.05, 4.69) is 6.07 Å². The van der Waals surface area contributed by atoms with E-state index in [1.165, 1.54) is 0 Å². The molecule has 2 rings (SSSR count). The summed E-state index contributed by atoms with van der Waals surface area (Å²) in [6, 6.07) is 15.1. The minimum Gasteiger partial charge on any atom is -0.369 e. The van der Waals surface area contributed by atoms with Crippen LogP contribution in [0.25, 0.3) is 0 Å². The zero-order valence-corrected chi connectivity index (χ0v) is 11.9. The largest absolute Gasteiger partial charge is 0.369 e. The van der Waals surface area contributed by atoms with Crippen molar-refractivity contribution in [3.05, 3.63) is 63.6 Å². The van der Waals surface area contributed by atoms with Gasteiger partial charge in [-0.25, -0.2) is 0 Å². The zero-order valence-electron chi connectivity index (χ0n) is 10.4. The first-order valence-electron chi connectivity index (χ1n) is 5.75. The van der Waals surface area contributed by atoms with Gasteiger partial charge < -0.3 is 4.90 Å². The highest BCUT2D eigenvalue weighted by molar-refractivity contribution is 6.31. The Balaban J connectivity index is 2.25. The quantitative estimate of drug-likeness (QED) is 0.832. The van der Waals surface area contributed by atoms with E-state index in [1.807, 2.05) is 36.2 Å². The number of rotatable bonds is 3. The first-order valence-corrected chi connectivity index (χ1v) is 6.51. The lowest BCUT2D eigenvalue weighted by Gasteiger charge is -2.21. The Bertz CT molecular complexity index is 615. The van der Waals surface area contributed by atoms with E-state index >= 15 is 0 Å². The summed E-state index contributed by atoms with van der Waals surface area (Å²) in [5, 5.41) is 10.5. The molecule has 0 saturated heterocycles. The number of nitrogens with zero attached hydrogens (tertiary/aromatic N) is 2. The van der Waals surface area contributed by atoms with Crippen molar-refractivity contribution in [3.8, 4) is 6.07 Å². The van der Waals surface area contributed by atoms with Gasteiger partial charge >= 0.3 is 0 Å². The molecule has 96 valence electrons. The standard InChI is InChI=1S/C15H12Cl2N2/c1-19(10-11-2-5-13(16)6-3-11)15-8-14(17)7-4-12(15)9-18/h2-8H,10H2,1H3. The molecule has 2 aromatic rings. The van der Waals surface area contributed by atoms with Crippen molar-refractivity contribution in [2.45, 2.75) is 6.54 Å². The van der Waals surface area contributed by atoms with Crippen LogP contribution in [0.1, 0.15) is 11.1 Å². The molecule has 2 nitrogen and oxygen atoms in total. The summed E-state index contributed by atoms with van der Waals surface area (Å²) in [5.74, 6) is 0. The molecule has 0 aromatic heterocycles. The van der Waals surface area contributed by atoms with Crippen LogP contribution in [-0.4, -0.2) is 7.05 Å². The minimum absolute atomic E-state index is 0.612. The van der Waals surface area contributed by atoms with Crippen LogP contribution in [0.4, 0.5) is 5.69 Å². The van der Waals surface area contributed by atoms with Gasteiger partial charge in [-0.1, -0.05) is 35.3 Å². The number of nitriles is 1. The maximum absolute atomic E-state index is 9.12. The normalized spacial score (nSPS) is 10.0. The van der Waals surface area contributed by atoms with Gasteiger partial charge in [0, 0.05) is 23.6 Å². The molecular formula is C15H12Cl2N2. The smallest absolute Gasteiger partial charge is 0.101 e. The van der Waals surface area contributed by atoms with Crippen LogP contribution in [0.5, 0.6) is 0 Å². The molecule has 0 aliphatic carbocycles. The molecule has 0 radical (unpaired) electrons. The summed E-state index contributed by atoms with van der Waals surface area (Å²) in [5.41, 5.74) is 2.56. The van der Waals surface area contributed by atoms with E-state index in [0.29, 0.717) is 22.2 Å². The Morgan fingerprint density at radius 1 is 1.05 bits per heavy atom. The molecule has 0 N–H and O–H groups in total. The van der Waals surface area contributed by atoms with Gasteiger partial charge in [0.05, 0.1) is 11.3 Å². The van der Waals surface area contributed by atoms with Crippen molar-refractivity contribution in [1.82, 2.24) is 0 Å². The second-order valence-electron chi connectivity index (χ2n) is 4.26. The van der Waals surface area contributed by atoms with E-state index in [4.69, 9.17) is 28.5 Å². The van der Waals surface area contributed by atoms with Crippen molar-refractivity contribution >= 4 is 28.9 Å². The number of anilines is 1. The first kappa shape index (κ1) is 13.7. The molecule has 19 heavy (non-hydrogen) atoms. The second-order valence-corrected chi connectivity index (χ2v) is 5.13.